The van der Waals surface area contributed by atoms with Crippen LogP contribution in [0.5, 0.6) is 0 Å². The molecule has 0 fully saturated rings. The molecule has 0 saturated carbocycles. The van der Waals surface area contributed by atoms with Gasteiger partial charge in [-0.25, -0.2) is 0 Å². The first-order chi connectivity index (χ1) is 8.46. The summed E-state index contributed by atoms with van der Waals surface area (Å²) in [5.74, 6) is -0.0310. The van der Waals surface area contributed by atoms with Gasteiger partial charge in [0.15, 0.2) is 0 Å². The number of nitrogens with two attached hydrogens (primary N) is 1. The number of hydrogen-bond acceptors (Lipinski definition) is 4. The number of carbonyl (C=O) groups excluding carboxylic acids is 1. The second-order valence-electron chi connectivity index (χ2n) is 4.97. The number of anilines is 1. The van der Waals surface area contributed by atoms with Crippen LogP contribution in [0.25, 0.3) is 11.0 Å². The van der Waals surface area contributed by atoms with Gasteiger partial charge in [0.05, 0.1) is 0 Å². The molecule has 0 radical (unpaired) electrons. The molecule has 96 valence electrons. The van der Waals surface area contributed by atoms with Gasteiger partial charge >= 0.3 is 112 Å². The summed E-state index contributed by atoms with van der Waals surface area (Å²) in [4.78, 5) is 11.8. The molecular weight excluding hydrogens is 295 g/mol. The Hall–Kier alpha value is -1.23. The molecule has 0 aliphatic heterocycles. The van der Waals surface area contributed by atoms with E-state index in [1.165, 1.54) is 0 Å². The van der Waals surface area contributed by atoms with E-state index in [-0.39, 0.29) is 26.4 Å². The van der Waals surface area contributed by atoms with Gasteiger partial charge in [0.25, 0.3) is 0 Å². The van der Waals surface area contributed by atoms with Crippen LogP contribution in [0.3, 0.4) is 0 Å². The molecule has 1 amide bonds. The maximum absolute atomic E-state index is 11.8. The van der Waals surface area contributed by atoms with Crippen molar-refractivity contribution in [1.82, 2.24) is 7.96 Å². The first kappa shape index (κ1) is 13.2. The molecule has 0 bridgehead atoms. The summed E-state index contributed by atoms with van der Waals surface area (Å²) in [7, 11) is 0. The normalized spacial score (nSPS) is 11.7. The van der Waals surface area contributed by atoms with E-state index in [0.717, 1.165) is 16.7 Å². The quantitative estimate of drug-likeness (QED) is 0.830. The average Bonchev–Trinajstić information content (AvgIpc) is 2.74. The Morgan fingerprint density at radius 3 is 2.94 bits per heavy atom. The van der Waals surface area contributed by atoms with Gasteiger partial charge in [0, 0.05) is 0 Å². The van der Waals surface area contributed by atoms with E-state index < -0.39 is 0 Å². The van der Waals surface area contributed by atoms with Crippen molar-refractivity contribution in [2.75, 3.05) is 5.32 Å². The van der Waals surface area contributed by atoms with E-state index in [9.17, 15) is 4.79 Å². The minimum absolute atomic E-state index is 0.0310. The number of carbonyl (C=O) groups is 1. The summed E-state index contributed by atoms with van der Waals surface area (Å²) in [5, 5.41) is 2.88. The zero-order chi connectivity index (χ0) is 13.2. The van der Waals surface area contributed by atoms with Gasteiger partial charge in [-0.2, -0.15) is 0 Å². The van der Waals surface area contributed by atoms with Gasteiger partial charge < -0.3 is 0 Å². The third-order valence-electron chi connectivity index (χ3n) is 2.56. The van der Waals surface area contributed by atoms with E-state index >= 15 is 0 Å². The number of nitrogens with zero attached hydrogens (tertiary/aromatic N) is 2. The Morgan fingerprint density at radius 2 is 2.22 bits per heavy atom. The third kappa shape index (κ3) is 3.38. The van der Waals surface area contributed by atoms with Crippen molar-refractivity contribution in [2.24, 2.45) is 5.73 Å². The van der Waals surface area contributed by atoms with Gasteiger partial charge in [0.2, 0.25) is 0 Å². The molecule has 1 aromatic carbocycles. The molecule has 2 rings (SSSR count). The van der Waals surface area contributed by atoms with Crippen LogP contribution < -0.4 is 11.1 Å². The number of amides is 1. The Labute approximate surface area is 112 Å². The summed E-state index contributed by atoms with van der Waals surface area (Å²) in [6, 6.07) is 5.64. The molecule has 18 heavy (non-hydrogen) atoms. The molecule has 3 N–H and O–H groups in total. The number of hydrogen-bond donors (Lipinski definition) is 2. The van der Waals surface area contributed by atoms with Crippen molar-refractivity contribution in [1.29, 1.82) is 0 Å². The van der Waals surface area contributed by atoms with Crippen LogP contribution in [0.2, 0.25) is 0 Å². The molecule has 1 heterocycles. The van der Waals surface area contributed by atoms with Crippen molar-refractivity contribution in [3.05, 3.63) is 18.2 Å². The standard InChI is InChI=1S/C12H16N4OSe/c1-12(2,13)7-6-10(17)14-8-4-3-5-9-11(8)16-18-15-9/h3-5H,6-7,13H2,1-2H3,(H,14,17). The molecule has 5 nitrogen and oxygen atoms in total. The summed E-state index contributed by atoms with van der Waals surface area (Å²) in [6.07, 6.45) is 1.06. The predicted molar refractivity (Wildman–Crippen MR) is 72.6 cm³/mol. The van der Waals surface area contributed by atoms with Crippen molar-refractivity contribution in [3.8, 4) is 0 Å². The SMILES string of the molecule is CC(C)(N)CCC(=O)Nc1cccc2n[se]nc12. The summed E-state index contributed by atoms with van der Waals surface area (Å²) < 4.78 is 8.59. The zero-order valence-electron chi connectivity index (χ0n) is 10.4. The zero-order valence-corrected chi connectivity index (χ0v) is 12.1. The molecule has 0 aliphatic rings. The molecular formula is C12H16N4OSe. The van der Waals surface area contributed by atoms with E-state index in [4.69, 9.17) is 5.73 Å². The predicted octanol–water partition coefficient (Wildman–Crippen LogP) is 1.14. The van der Waals surface area contributed by atoms with Crippen molar-refractivity contribution >= 4 is 37.6 Å². The van der Waals surface area contributed by atoms with Crippen LogP contribution in [-0.4, -0.2) is 34.4 Å². The Morgan fingerprint density at radius 1 is 1.44 bits per heavy atom. The summed E-state index contributed by atoms with van der Waals surface area (Å²) >= 11 is -0.0809. The van der Waals surface area contributed by atoms with Crippen LogP contribution in [0.4, 0.5) is 5.69 Å². The van der Waals surface area contributed by atoms with Crippen molar-refractivity contribution in [3.63, 3.8) is 0 Å². The van der Waals surface area contributed by atoms with Gasteiger partial charge in [-0.05, 0) is 0 Å². The van der Waals surface area contributed by atoms with E-state index in [1.54, 1.807) is 0 Å². The van der Waals surface area contributed by atoms with Crippen LogP contribution in [0, 0.1) is 0 Å². The summed E-state index contributed by atoms with van der Waals surface area (Å²) in [6.45, 7) is 3.83. The molecule has 1 aromatic heterocycles. The number of aromatic nitrogens is 2. The first-order valence-corrected chi connectivity index (χ1v) is 7.29. The fraction of sp³-hybridized carbons (Fsp3) is 0.417. The van der Waals surface area contributed by atoms with E-state index in [0.29, 0.717) is 12.8 Å². The van der Waals surface area contributed by atoms with Gasteiger partial charge in [-0.3, -0.25) is 0 Å². The average molecular weight is 311 g/mol. The molecule has 0 spiro atoms. The van der Waals surface area contributed by atoms with Crippen LogP contribution in [-0.2, 0) is 4.79 Å². The molecule has 2 aromatic rings. The van der Waals surface area contributed by atoms with Gasteiger partial charge in [0.1, 0.15) is 0 Å². The van der Waals surface area contributed by atoms with Crippen LogP contribution in [0.15, 0.2) is 18.2 Å². The topological polar surface area (TPSA) is 80.9 Å². The number of rotatable bonds is 4. The Balaban J connectivity index is 2.05. The summed E-state index contributed by atoms with van der Waals surface area (Å²) in [5.41, 5.74) is 7.95. The van der Waals surface area contributed by atoms with Crippen LogP contribution in [0.1, 0.15) is 26.7 Å². The van der Waals surface area contributed by atoms with Gasteiger partial charge in [-0.1, -0.05) is 0 Å². The van der Waals surface area contributed by atoms with Crippen LogP contribution >= 0.6 is 0 Å². The monoisotopic (exact) mass is 312 g/mol. The third-order valence-corrected chi connectivity index (χ3v) is 3.69. The number of benzene rings is 1. The second-order valence-corrected chi connectivity index (χ2v) is 6.08. The van der Waals surface area contributed by atoms with Gasteiger partial charge in [-0.15, -0.1) is 0 Å². The molecule has 0 saturated heterocycles. The first-order valence-electron chi connectivity index (χ1n) is 5.76. The van der Waals surface area contributed by atoms with E-state index in [1.807, 2.05) is 32.0 Å². The molecule has 0 atom stereocenters. The number of nitrogens with one attached hydrogen (secondary N) is 1. The fourth-order valence-electron chi connectivity index (χ4n) is 1.56. The minimum atomic E-state index is -0.321. The van der Waals surface area contributed by atoms with Crippen molar-refractivity contribution < 1.29 is 4.79 Å². The molecule has 0 aliphatic carbocycles. The number of fused-ring (bicyclic) bond motifs is 1. The molecule has 6 heteroatoms. The Bertz CT molecular complexity index is 558. The maximum atomic E-state index is 11.8. The fourth-order valence-corrected chi connectivity index (χ4v) is 2.71. The van der Waals surface area contributed by atoms with E-state index in [2.05, 4.69) is 13.3 Å². The van der Waals surface area contributed by atoms with Crippen molar-refractivity contribution in [2.45, 2.75) is 32.2 Å². The second kappa shape index (κ2) is 5.18. The molecule has 0 unspecified atom stereocenters. The Kier molecular flexibility index (Phi) is 3.80.